The van der Waals surface area contributed by atoms with E-state index >= 15 is 0 Å². The number of amidine groups is 1. The van der Waals surface area contributed by atoms with Crippen molar-refractivity contribution in [2.24, 2.45) is 4.99 Å². The van der Waals surface area contributed by atoms with Gasteiger partial charge in [0.15, 0.2) is 11.3 Å². The number of fused-ring (bicyclic) bond motifs is 14. The zero-order valence-corrected chi connectivity index (χ0v) is 30.6. The van der Waals surface area contributed by atoms with Gasteiger partial charge in [0.05, 0.1) is 16.4 Å². The minimum absolute atomic E-state index is 0.139. The third-order valence-electron chi connectivity index (χ3n) is 12.0. The van der Waals surface area contributed by atoms with Crippen molar-refractivity contribution in [3.63, 3.8) is 0 Å². The van der Waals surface area contributed by atoms with Crippen LogP contribution in [0.25, 0.3) is 77.6 Å². The molecule has 0 bridgehead atoms. The van der Waals surface area contributed by atoms with E-state index in [1.165, 1.54) is 44.5 Å². The van der Waals surface area contributed by atoms with Gasteiger partial charge < -0.3 is 9.40 Å². The highest BCUT2D eigenvalue weighted by Crippen LogP contribution is 2.63. The second-order valence-electron chi connectivity index (χ2n) is 14.9. The molecule has 0 aliphatic heterocycles. The van der Waals surface area contributed by atoms with Gasteiger partial charge in [-0.2, -0.15) is 0 Å². The van der Waals surface area contributed by atoms with E-state index in [0.29, 0.717) is 16.7 Å². The Bertz CT molecular complexity index is 3340. The highest BCUT2D eigenvalue weighted by molar-refractivity contribution is 6.06. The number of nitrogens with zero attached hydrogens (tertiary/aromatic N) is 2. The summed E-state index contributed by atoms with van der Waals surface area (Å²) in [7, 11) is 0. The van der Waals surface area contributed by atoms with Crippen LogP contribution in [-0.2, 0) is 5.41 Å². The predicted molar refractivity (Wildman–Crippen MR) is 229 cm³/mol. The highest BCUT2D eigenvalue weighted by atomic mass is 16.3. The first-order valence-electron chi connectivity index (χ1n) is 19.2. The molecule has 0 saturated carbocycles. The number of para-hydroxylation sites is 3. The van der Waals surface area contributed by atoms with Gasteiger partial charge >= 0.3 is 0 Å². The molecule has 10 aromatic rings. The van der Waals surface area contributed by atoms with E-state index in [4.69, 9.17) is 14.4 Å². The second kappa shape index (κ2) is 11.9. The maximum atomic E-state index is 9.37. The molecule has 2 heterocycles. The summed E-state index contributed by atoms with van der Waals surface area (Å²) >= 11 is 0. The van der Waals surface area contributed by atoms with E-state index in [1.54, 1.807) is 0 Å². The van der Waals surface area contributed by atoms with Crippen molar-refractivity contribution in [1.29, 1.82) is 5.41 Å². The van der Waals surface area contributed by atoms with Gasteiger partial charge in [0, 0.05) is 21.9 Å². The Hall–Kier alpha value is -7.63. The first-order valence-corrected chi connectivity index (χ1v) is 19.2. The molecule has 5 heteroatoms. The maximum Gasteiger partial charge on any atom is 0.159 e. The van der Waals surface area contributed by atoms with Crippen LogP contribution in [0.4, 0.5) is 0 Å². The van der Waals surface area contributed by atoms with Crippen molar-refractivity contribution >= 4 is 38.8 Å². The fourth-order valence-corrected chi connectivity index (χ4v) is 9.49. The molecule has 12 rings (SSSR count). The minimum Gasteiger partial charge on any atom is -0.456 e. The monoisotopic (exact) mass is 728 g/mol. The van der Waals surface area contributed by atoms with Crippen molar-refractivity contribution in [2.45, 2.75) is 5.41 Å². The van der Waals surface area contributed by atoms with Crippen LogP contribution in [0, 0.1) is 5.41 Å². The molecule has 2 aromatic heterocycles. The number of benzene rings is 8. The summed E-state index contributed by atoms with van der Waals surface area (Å²) in [5, 5.41) is 11.5. The Morgan fingerprint density at radius 2 is 1.12 bits per heavy atom. The lowest BCUT2D eigenvalue weighted by Gasteiger charge is -2.30. The molecule has 0 unspecified atom stereocenters. The van der Waals surface area contributed by atoms with E-state index < -0.39 is 5.41 Å². The van der Waals surface area contributed by atoms with Crippen molar-refractivity contribution in [3.8, 4) is 44.6 Å². The normalized spacial score (nSPS) is 13.6. The van der Waals surface area contributed by atoms with Crippen LogP contribution in [0.2, 0.25) is 0 Å². The number of nitrogens with one attached hydrogen (secondary N) is 2. The number of furan rings is 1. The molecule has 5 nitrogen and oxygen atoms in total. The molecule has 0 fully saturated rings. The van der Waals surface area contributed by atoms with Crippen LogP contribution in [0.15, 0.2) is 191 Å². The van der Waals surface area contributed by atoms with Gasteiger partial charge in [0.25, 0.3) is 0 Å². The summed E-state index contributed by atoms with van der Waals surface area (Å²) in [5.74, 6) is 0.139. The fourth-order valence-electron chi connectivity index (χ4n) is 9.49. The number of H-pyrrole nitrogens is 1. The maximum absolute atomic E-state index is 9.37. The molecule has 0 radical (unpaired) electrons. The van der Waals surface area contributed by atoms with Gasteiger partial charge in [-0.15, -0.1) is 0 Å². The van der Waals surface area contributed by atoms with Crippen molar-refractivity contribution in [3.05, 3.63) is 215 Å². The zero-order valence-electron chi connectivity index (χ0n) is 30.6. The molecule has 2 aliphatic rings. The molecule has 0 amide bonds. The van der Waals surface area contributed by atoms with E-state index in [9.17, 15) is 5.41 Å². The summed E-state index contributed by atoms with van der Waals surface area (Å²) in [4.78, 5) is 13.5. The summed E-state index contributed by atoms with van der Waals surface area (Å²) in [6, 6.07) is 63.8. The summed E-state index contributed by atoms with van der Waals surface area (Å²) in [5.41, 5.74) is 18.0. The van der Waals surface area contributed by atoms with Crippen LogP contribution in [-0.4, -0.2) is 15.8 Å². The first-order chi connectivity index (χ1) is 28.1. The molecule has 2 aliphatic carbocycles. The van der Waals surface area contributed by atoms with Crippen molar-refractivity contribution in [1.82, 2.24) is 9.97 Å². The molecule has 2 N–H and O–H groups in total. The standard InChI is InChI=1S/C52H32N4O/c53-50(56-51-49(54-45-21-8-9-22-46(45)55-51)33-25-27-40-39-17-4-10-23-47(39)57-48(40)30-33)34-13-11-12-31(28-34)32-24-26-38-37-16-3-7-20-43(37)52(44(38)29-32)41-18-5-1-14-35(41)36-15-2-6-19-42(36)52/h1-30H,(H2,53,55,56). The van der Waals surface area contributed by atoms with Gasteiger partial charge in [0.1, 0.15) is 16.9 Å². The van der Waals surface area contributed by atoms with Crippen LogP contribution in [0.3, 0.4) is 0 Å². The minimum atomic E-state index is -0.421. The summed E-state index contributed by atoms with van der Waals surface area (Å²) in [6.07, 6.45) is 0. The number of aromatic amines is 1. The molecule has 8 aromatic carbocycles. The van der Waals surface area contributed by atoms with E-state index in [2.05, 4.69) is 126 Å². The van der Waals surface area contributed by atoms with Gasteiger partial charge in [-0.25, -0.2) is 9.98 Å². The topological polar surface area (TPSA) is 78.0 Å². The molecular formula is C52H32N4O. The van der Waals surface area contributed by atoms with Gasteiger partial charge in [0.2, 0.25) is 0 Å². The van der Waals surface area contributed by atoms with E-state index in [1.807, 2.05) is 60.7 Å². The quantitative estimate of drug-likeness (QED) is 0.140. The largest absolute Gasteiger partial charge is 0.456 e. The number of aromatic nitrogens is 2. The lowest BCUT2D eigenvalue weighted by Crippen LogP contribution is -2.25. The van der Waals surface area contributed by atoms with Crippen molar-refractivity contribution in [2.75, 3.05) is 0 Å². The number of hydrogen-bond donors (Lipinski definition) is 2. The average molecular weight is 729 g/mol. The Kier molecular flexibility index (Phi) is 6.64. The summed E-state index contributed by atoms with van der Waals surface area (Å²) in [6.45, 7) is 0. The van der Waals surface area contributed by atoms with Crippen LogP contribution in [0.5, 0.6) is 0 Å². The average Bonchev–Trinajstić information content (AvgIpc) is 3.90. The molecule has 1 spiro atoms. The molecular weight excluding hydrogens is 697 g/mol. The van der Waals surface area contributed by atoms with Gasteiger partial charge in [-0.1, -0.05) is 140 Å². The van der Waals surface area contributed by atoms with Crippen molar-refractivity contribution < 1.29 is 4.42 Å². The van der Waals surface area contributed by atoms with E-state index in [0.717, 1.165) is 49.7 Å². The molecule has 266 valence electrons. The fraction of sp³-hybridized carbons (Fsp3) is 0.0192. The lowest BCUT2D eigenvalue weighted by molar-refractivity contribution is 0.669. The highest BCUT2D eigenvalue weighted by Gasteiger charge is 2.51. The number of rotatable bonds is 3. The molecule has 0 saturated heterocycles. The Morgan fingerprint density at radius 3 is 1.89 bits per heavy atom. The molecule has 57 heavy (non-hydrogen) atoms. The summed E-state index contributed by atoms with van der Waals surface area (Å²) < 4.78 is 6.25. The van der Waals surface area contributed by atoms with E-state index in [-0.39, 0.29) is 5.84 Å². The SMILES string of the molecule is N=C(N=c1[nH]c2ccccc2nc1-c1ccc2c(c1)oc1ccccc12)c1cccc(-c2ccc3c(c2)C2(c4ccccc4-c4ccccc42)c2ccccc2-3)c1. The first kappa shape index (κ1) is 31.7. The van der Waals surface area contributed by atoms with Gasteiger partial charge in [-0.05, 0) is 98.1 Å². The predicted octanol–water partition coefficient (Wildman–Crippen LogP) is 12.1. The smallest absolute Gasteiger partial charge is 0.159 e. The van der Waals surface area contributed by atoms with Crippen LogP contribution < -0.4 is 5.49 Å². The Balaban J connectivity index is 0.986. The zero-order chi connectivity index (χ0) is 37.7. The third kappa shape index (κ3) is 4.54. The molecule has 0 atom stereocenters. The Labute approximate surface area is 327 Å². The second-order valence-corrected chi connectivity index (χ2v) is 14.9. The third-order valence-corrected chi connectivity index (χ3v) is 12.0. The van der Waals surface area contributed by atoms with Crippen LogP contribution >= 0.6 is 0 Å². The van der Waals surface area contributed by atoms with Crippen LogP contribution in [0.1, 0.15) is 27.8 Å². The Morgan fingerprint density at radius 1 is 0.509 bits per heavy atom. The van der Waals surface area contributed by atoms with Gasteiger partial charge in [-0.3, -0.25) is 5.41 Å². The lowest BCUT2D eigenvalue weighted by atomic mass is 9.70. The number of hydrogen-bond acceptors (Lipinski definition) is 3.